The maximum absolute atomic E-state index is 12.1. The van der Waals surface area contributed by atoms with Gasteiger partial charge in [0.25, 0.3) is 0 Å². The molecule has 0 spiro atoms. The number of Topliss-reactive ketones (excluding diaryl/α,β-unsaturated/α-hetero) is 1. The molecule has 0 aliphatic rings. The zero-order chi connectivity index (χ0) is 14.3. The van der Waals surface area contributed by atoms with Crippen LogP contribution in [0, 0.1) is 0 Å². The summed E-state index contributed by atoms with van der Waals surface area (Å²) in [5.74, 6) is 0.619. The van der Waals surface area contributed by atoms with Crippen LogP contribution in [0.1, 0.15) is 19.4 Å². The van der Waals surface area contributed by atoms with Crippen molar-refractivity contribution in [2.75, 3.05) is 20.3 Å². The minimum Gasteiger partial charge on any atom is -0.497 e. The first-order valence-electron chi connectivity index (χ1n) is 6.20. The van der Waals surface area contributed by atoms with E-state index in [1.165, 1.54) is 0 Å². The Balaban J connectivity index is 2.79. The second kappa shape index (κ2) is 8.30. The van der Waals surface area contributed by atoms with Crippen molar-refractivity contribution in [2.45, 2.75) is 26.6 Å². The first kappa shape index (κ1) is 16.1. The highest BCUT2D eigenvalue weighted by Gasteiger charge is 2.20. The fourth-order valence-corrected chi connectivity index (χ4v) is 2.01. The molecule has 0 N–H and O–H groups in total. The van der Waals surface area contributed by atoms with E-state index in [1.807, 2.05) is 32.0 Å². The van der Waals surface area contributed by atoms with Gasteiger partial charge in [0.2, 0.25) is 6.29 Å². The molecule has 4 nitrogen and oxygen atoms in total. The summed E-state index contributed by atoms with van der Waals surface area (Å²) in [4.78, 5) is 12.1. The van der Waals surface area contributed by atoms with Crippen molar-refractivity contribution < 1.29 is 19.0 Å². The number of carbonyl (C=O) groups excluding carboxylic acids is 1. The molecular weight excluding hydrogens is 312 g/mol. The number of ether oxygens (including phenoxy) is 3. The van der Waals surface area contributed by atoms with Crippen LogP contribution in [0.25, 0.3) is 0 Å². The lowest BCUT2D eigenvalue weighted by Gasteiger charge is -2.16. The zero-order valence-electron chi connectivity index (χ0n) is 11.4. The number of benzene rings is 1. The molecule has 0 saturated heterocycles. The molecule has 0 aromatic heterocycles. The van der Waals surface area contributed by atoms with Crippen LogP contribution in [0.2, 0.25) is 0 Å². The molecule has 1 aromatic rings. The van der Waals surface area contributed by atoms with Crippen molar-refractivity contribution in [3.63, 3.8) is 0 Å². The van der Waals surface area contributed by atoms with Gasteiger partial charge >= 0.3 is 0 Å². The largest absolute Gasteiger partial charge is 0.497 e. The van der Waals surface area contributed by atoms with Crippen molar-refractivity contribution in [3.8, 4) is 5.75 Å². The highest BCUT2D eigenvalue weighted by molar-refractivity contribution is 9.10. The Bertz CT molecular complexity index is 414. The van der Waals surface area contributed by atoms with Gasteiger partial charge in [0.15, 0.2) is 5.78 Å². The van der Waals surface area contributed by atoms with E-state index < -0.39 is 6.29 Å². The van der Waals surface area contributed by atoms with Gasteiger partial charge in [0.05, 0.1) is 7.11 Å². The second-order valence-corrected chi connectivity index (χ2v) is 4.70. The summed E-state index contributed by atoms with van der Waals surface area (Å²) in [6, 6.07) is 5.52. The number of hydrogen-bond acceptors (Lipinski definition) is 4. The number of halogens is 1. The maximum atomic E-state index is 12.1. The van der Waals surface area contributed by atoms with Gasteiger partial charge in [-0.3, -0.25) is 4.79 Å². The van der Waals surface area contributed by atoms with Crippen LogP contribution >= 0.6 is 15.9 Å². The highest BCUT2D eigenvalue weighted by Crippen LogP contribution is 2.23. The number of methoxy groups -OCH3 is 1. The predicted molar refractivity (Wildman–Crippen MR) is 76.4 cm³/mol. The fraction of sp³-hybridized carbons (Fsp3) is 0.500. The molecule has 0 atom stereocenters. The molecule has 0 heterocycles. The summed E-state index contributed by atoms with van der Waals surface area (Å²) in [6.45, 7) is 4.55. The predicted octanol–water partition coefficient (Wildman–Crippen LogP) is 2.97. The van der Waals surface area contributed by atoms with E-state index in [0.717, 1.165) is 15.8 Å². The average Bonchev–Trinajstić information content (AvgIpc) is 2.41. The van der Waals surface area contributed by atoms with Gasteiger partial charge in [-0.2, -0.15) is 0 Å². The molecule has 0 fully saturated rings. The number of rotatable bonds is 8. The fourth-order valence-electron chi connectivity index (χ4n) is 1.62. The molecule has 0 amide bonds. The van der Waals surface area contributed by atoms with Gasteiger partial charge in [0.1, 0.15) is 5.75 Å². The molecule has 0 aliphatic carbocycles. The third kappa shape index (κ3) is 4.93. The average molecular weight is 331 g/mol. The Hall–Kier alpha value is -0.910. The van der Waals surface area contributed by atoms with Crippen LogP contribution in [0.3, 0.4) is 0 Å². The quantitative estimate of drug-likeness (QED) is 0.687. The van der Waals surface area contributed by atoms with E-state index in [4.69, 9.17) is 14.2 Å². The minimum atomic E-state index is -0.798. The molecule has 0 aliphatic heterocycles. The third-order valence-electron chi connectivity index (χ3n) is 2.52. The minimum absolute atomic E-state index is 0.0994. The van der Waals surface area contributed by atoms with Crippen LogP contribution in [0.15, 0.2) is 22.7 Å². The zero-order valence-corrected chi connectivity index (χ0v) is 13.0. The smallest absolute Gasteiger partial charge is 0.218 e. The van der Waals surface area contributed by atoms with Gasteiger partial charge < -0.3 is 14.2 Å². The van der Waals surface area contributed by atoms with Gasteiger partial charge in [-0.15, -0.1) is 0 Å². The van der Waals surface area contributed by atoms with Crippen molar-refractivity contribution in [1.82, 2.24) is 0 Å². The first-order chi connectivity index (χ1) is 9.12. The highest BCUT2D eigenvalue weighted by atomic mass is 79.9. The van der Waals surface area contributed by atoms with E-state index in [2.05, 4.69) is 15.9 Å². The van der Waals surface area contributed by atoms with Crippen molar-refractivity contribution in [1.29, 1.82) is 0 Å². The van der Waals surface area contributed by atoms with Crippen molar-refractivity contribution in [2.24, 2.45) is 0 Å². The van der Waals surface area contributed by atoms with E-state index >= 15 is 0 Å². The molecule has 0 saturated carbocycles. The Morgan fingerprint density at radius 2 is 1.89 bits per heavy atom. The number of carbonyl (C=O) groups is 1. The third-order valence-corrected chi connectivity index (χ3v) is 3.29. The van der Waals surface area contributed by atoms with Crippen molar-refractivity contribution >= 4 is 21.7 Å². The molecule has 1 rings (SSSR count). The monoisotopic (exact) mass is 330 g/mol. The molecule has 0 radical (unpaired) electrons. The van der Waals surface area contributed by atoms with Crippen LogP contribution in [0.5, 0.6) is 5.75 Å². The summed E-state index contributed by atoms with van der Waals surface area (Å²) < 4.78 is 16.6. The summed E-state index contributed by atoms with van der Waals surface area (Å²) in [5.41, 5.74) is 0.855. The van der Waals surface area contributed by atoms with E-state index in [0.29, 0.717) is 13.2 Å². The van der Waals surface area contributed by atoms with Gasteiger partial charge in [-0.05, 0) is 37.6 Å². The van der Waals surface area contributed by atoms with Crippen LogP contribution < -0.4 is 4.74 Å². The van der Waals surface area contributed by atoms with Gasteiger partial charge in [0, 0.05) is 24.1 Å². The topological polar surface area (TPSA) is 44.8 Å². The number of ketones is 1. The summed E-state index contributed by atoms with van der Waals surface area (Å²) in [7, 11) is 1.60. The summed E-state index contributed by atoms with van der Waals surface area (Å²) in [5, 5.41) is 0. The van der Waals surface area contributed by atoms with E-state index in [1.54, 1.807) is 7.11 Å². The molecule has 0 unspecified atom stereocenters. The first-order valence-corrected chi connectivity index (χ1v) is 7.00. The Kier molecular flexibility index (Phi) is 7.05. The Morgan fingerprint density at radius 1 is 1.26 bits per heavy atom. The Labute approximate surface area is 122 Å². The second-order valence-electron chi connectivity index (χ2n) is 3.84. The van der Waals surface area contributed by atoms with E-state index in [-0.39, 0.29) is 12.2 Å². The maximum Gasteiger partial charge on any atom is 0.218 e. The molecule has 106 valence electrons. The normalized spacial score (nSPS) is 10.8. The lowest BCUT2D eigenvalue weighted by atomic mass is 10.1. The lowest BCUT2D eigenvalue weighted by Crippen LogP contribution is -2.29. The molecule has 5 heteroatoms. The lowest BCUT2D eigenvalue weighted by molar-refractivity contribution is -0.167. The van der Waals surface area contributed by atoms with Gasteiger partial charge in [-0.25, -0.2) is 0 Å². The summed E-state index contributed by atoms with van der Waals surface area (Å²) in [6.07, 6.45) is -0.560. The van der Waals surface area contributed by atoms with Crippen LogP contribution in [-0.4, -0.2) is 32.4 Å². The number of hydrogen-bond donors (Lipinski definition) is 0. The molecule has 1 aromatic carbocycles. The van der Waals surface area contributed by atoms with Crippen LogP contribution in [0.4, 0.5) is 0 Å². The Morgan fingerprint density at radius 3 is 2.42 bits per heavy atom. The molecule has 19 heavy (non-hydrogen) atoms. The standard InChI is InChI=1S/C14H19BrO4/c1-4-18-14(19-5-2)13(16)9-10-8-11(17-3)6-7-12(10)15/h6-8,14H,4-5,9H2,1-3H3. The van der Waals surface area contributed by atoms with Crippen LogP contribution in [-0.2, 0) is 20.7 Å². The van der Waals surface area contributed by atoms with E-state index in [9.17, 15) is 4.79 Å². The van der Waals surface area contributed by atoms with Gasteiger partial charge in [-0.1, -0.05) is 15.9 Å². The summed E-state index contributed by atoms with van der Waals surface area (Å²) >= 11 is 3.43. The molecule has 0 bridgehead atoms. The molecular formula is C14H19BrO4. The SMILES string of the molecule is CCOC(OCC)C(=O)Cc1cc(OC)ccc1Br. The van der Waals surface area contributed by atoms with Crippen molar-refractivity contribution in [3.05, 3.63) is 28.2 Å².